The quantitative estimate of drug-likeness (QED) is 0.395. The first kappa shape index (κ1) is 25.4. The van der Waals surface area contributed by atoms with Crippen molar-refractivity contribution >= 4 is 16.7 Å². The fourth-order valence-electron chi connectivity index (χ4n) is 7.33. The predicted octanol–water partition coefficient (Wildman–Crippen LogP) is 5.91. The van der Waals surface area contributed by atoms with E-state index in [9.17, 15) is 4.79 Å². The van der Waals surface area contributed by atoms with Crippen LogP contribution in [0.5, 0.6) is 5.75 Å². The minimum atomic E-state index is -0.282. The second-order valence-corrected chi connectivity index (χ2v) is 11.8. The highest BCUT2D eigenvalue weighted by atomic mass is 16.5. The summed E-state index contributed by atoms with van der Waals surface area (Å²) in [5, 5.41) is 2.26. The number of hydrogen-bond acceptors (Lipinski definition) is 4. The van der Waals surface area contributed by atoms with E-state index in [-0.39, 0.29) is 23.0 Å². The third kappa shape index (κ3) is 4.40. The Balaban J connectivity index is 1.33. The predicted molar refractivity (Wildman–Crippen MR) is 152 cm³/mol. The number of carbonyl (C=O) groups is 1. The lowest BCUT2D eigenvalue weighted by atomic mass is 9.55. The number of likely N-dealkylation sites (tertiary alicyclic amines) is 1. The normalized spacial score (nSPS) is 27.6. The lowest BCUT2D eigenvalue weighted by Crippen LogP contribution is -2.68. The van der Waals surface area contributed by atoms with E-state index in [1.165, 1.54) is 24.9 Å². The van der Waals surface area contributed by atoms with Crippen LogP contribution in [0.2, 0.25) is 0 Å². The maximum atomic E-state index is 13.8. The molecule has 200 valence electrons. The maximum Gasteiger partial charge on any atom is 0.253 e. The average molecular weight is 513 g/mol. The van der Waals surface area contributed by atoms with Crippen molar-refractivity contribution in [3.05, 3.63) is 77.9 Å². The van der Waals surface area contributed by atoms with E-state index in [0.29, 0.717) is 0 Å². The molecule has 6 rings (SSSR count). The summed E-state index contributed by atoms with van der Waals surface area (Å²) >= 11 is 0. The Morgan fingerprint density at radius 1 is 0.974 bits per heavy atom. The van der Waals surface area contributed by atoms with Crippen molar-refractivity contribution < 1.29 is 14.3 Å². The highest BCUT2D eigenvalue weighted by Crippen LogP contribution is 2.55. The summed E-state index contributed by atoms with van der Waals surface area (Å²) in [4.78, 5) is 18.4. The van der Waals surface area contributed by atoms with E-state index < -0.39 is 0 Å². The van der Waals surface area contributed by atoms with Gasteiger partial charge in [-0.2, -0.15) is 0 Å². The van der Waals surface area contributed by atoms with Gasteiger partial charge in [0.25, 0.3) is 5.91 Å². The molecule has 5 heteroatoms. The Morgan fingerprint density at radius 2 is 1.79 bits per heavy atom. The number of ether oxygens (including phenoxy) is 2. The van der Waals surface area contributed by atoms with Crippen LogP contribution < -0.4 is 4.74 Å². The maximum absolute atomic E-state index is 13.8. The van der Waals surface area contributed by atoms with Gasteiger partial charge in [0.1, 0.15) is 5.75 Å². The topological polar surface area (TPSA) is 42.0 Å². The molecule has 3 atom stereocenters. The number of rotatable bonds is 7. The van der Waals surface area contributed by atoms with Crippen molar-refractivity contribution in [1.29, 1.82) is 0 Å². The molecule has 1 amide bonds. The fraction of sp³-hybridized carbons (Fsp3) is 0.485. The molecule has 3 unspecified atom stereocenters. The lowest BCUT2D eigenvalue weighted by Gasteiger charge is -2.60. The minimum absolute atomic E-state index is 0.0950. The Hall–Kier alpha value is -2.89. The van der Waals surface area contributed by atoms with E-state index in [4.69, 9.17) is 9.47 Å². The molecule has 0 aromatic heterocycles. The largest absolute Gasteiger partial charge is 0.497 e. The number of carbonyl (C=O) groups excluding carboxylic acids is 1. The van der Waals surface area contributed by atoms with E-state index in [1.54, 1.807) is 7.11 Å². The minimum Gasteiger partial charge on any atom is -0.497 e. The standard InChI is InChI=1S/C33H40N2O3/c1-34(31(36)27-14-13-25-7-4-5-8-26(25)19-27)29-15-16-33(38-3)23-35(22-24-11-12-24)18-17-32(33,21-29)28-9-6-10-30(20-28)37-2/h4-10,13-14,19-20,24,29H,11-12,15-18,21-23H2,1-3H3. The van der Waals surface area contributed by atoms with Gasteiger partial charge in [0.2, 0.25) is 0 Å². The smallest absolute Gasteiger partial charge is 0.253 e. The zero-order valence-corrected chi connectivity index (χ0v) is 23.0. The van der Waals surface area contributed by atoms with Crippen LogP contribution in [0.3, 0.4) is 0 Å². The summed E-state index contributed by atoms with van der Waals surface area (Å²) in [6.07, 6.45) is 6.51. The highest BCUT2D eigenvalue weighted by molar-refractivity contribution is 5.98. The molecule has 3 aromatic rings. The number of fused-ring (bicyclic) bond motifs is 2. The summed E-state index contributed by atoms with van der Waals surface area (Å²) in [5.41, 5.74) is 1.57. The van der Waals surface area contributed by atoms with E-state index in [2.05, 4.69) is 41.3 Å². The van der Waals surface area contributed by atoms with Crippen LogP contribution in [0.15, 0.2) is 66.7 Å². The lowest BCUT2D eigenvalue weighted by molar-refractivity contribution is -0.153. The van der Waals surface area contributed by atoms with Gasteiger partial charge < -0.3 is 19.3 Å². The van der Waals surface area contributed by atoms with E-state index in [1.807, 2.05) is 49.4 Å². The Bertz CT molecular complexity index is 1320. The molecule has 1 aliphatic heterocycles. The Labute approximate surface area is 226 Å². The van der Waals surface area contributed by atoms with Crippen LogP contribution in [0.1, 0.15) is 54.4 Å². The zero-order valence-electron chi connectivity index (χ0n) is 23.0. The molecule has 1 heterocycles. The molecule has 3 aliphatic rings. The number of amides is 1. The number of benzene rings is 3. The van der Waals surface area contributed by atoms with Gasteiger partial charge in [-0.15, -0.1) is 0 Å². The molecule has 0 spiro atoms. The molecule has 3 fully saturated rings. The second-order valence-electron chi connectivity index (χ2n) is 11.8. The van der Waals surface area contributed by atoms with Gasteiger partial charge in [-0.05, 0) is 91.6 Å². The molecule has 0 N–H and O–H groups in total. The van der Waals surface area contributed by atoms with Crippen LogP contribution in [0.25, 0.3) is 10.8 Å². The van der Waals surface area contributed by atoms with Crippen molar-refractivity contribution in [2.45, 2.75) is 55.6 Å². The summed E-state index contributed by atoms with van der Waals surface area (Å²) < 4.78 is 12.2. The molecule has 0 bridgehead atoms. The SMILES string of the molecule is COc1cccc(C23CCN(CC4CC4)CC2(OC)CCC(N(C)C(=O)c2ccc4ccccc4c2)C3)c1. The van der Waals surface area contributed by atoms with Gasteiger partial charge in [-0.3, -0.25) is 4.79 Å². The number of methoxy groups -OCH3 is 2. The summed E-state index contributed by atoms with van der Waals surface area (Å²) in [7, 11) is 5.63. The molecule has 38 heavy (non-hydrogen) atoms. The Kier molecular flexibility index (Phi) is 6.69. The third-order valence-corrected chi connectivity index (χ3v) is 9.76. The van der Waals surface area contributed by atoms with Crippen LogP contribution >= 0.6 is 0 Å². The van der Waals surface area contributed by atoms with Gasteiger partial charge in [-0.25, -0.2) is 0 Å². The van der Waals surface area contributed by atoms with Gasteiger partial charge in [0.15, 0.2) is 0 Å². The van der Waals surface area contributed by atoms with Crippen LogP contribution in [-0.2, 0) is 10.2 Å². The molecule has 2 aliphatic carbocycles. The average Bonchev–Trinajstić information content (AvgIpc) is 3.79. The number of piperidine rings is 1. The molecule has 1 saturated heterocycles. The van der Waals surface area contributed by atoms with Crippen LogP contribution in [0, 0.1) is 5.92 Å². The third-order valence-electron chi connectivity index (χ3n) is 9.76. The first-order chi connectivity index (χ1) is 18.5. The van der Waals surface area contributed by atoms with Crippen molar-refractivity contribution in [2.24, 2.45) is 5.92 Å². The molecule has 3 aromatic carbocycles. The monoisotopic (exact) mass is 512 g/mol. The highest BCUT2D eigenvalue weighted by Gasteiger charge is 2.59. The summed E-state index contributed by atoms with van der Waals surface area (Å²) in [6, 6.07) is 23.0. The molecular formula is C33H40N2O3. The van der Waals surface area contributed by atoms with E-state index >= 15 is 0 Å². The van der Waals surface area contributed by atoms with Crippen LogP contribution in [0.4, 0.5) is 0 Å². The van der Waals surface area contributed by atoms with Gasteiger partial charge in [0, 0.05) is 44.3 Å². The molecule has 2 saturated carbocycles. The number of hydrogen-bond donors (Lipinski definition) is 0. The zero-order chi connectivity index (χ0) is 26.3. The van der Waals surface area contributed by atoms with Crippen molar-refractivity contribution in [3.8, 4) is 5.75 Å². The van der Waals surface area contributed by atoms with Crippen molar-refractivity contribution in [2.75, 3.05) is 40.9 Å². The molecule has 0 radical (unpaired) electrons. The van der Waals surface area contributed by atoms with Crippen LogP contribution in [-0.4, -0.2) is 68.3 Å². The Morgan fingerprint density at radius 3 is 2.55 bits per heavy atom. The van der Waals surface area contributed by atoms with Crippen molar-refractivity contribution in [1.82, 2.24) is 9.80 Å². The number of nitrogens with zero attached hydrogens (tertiary/aromatic N) is 2. The van der Waals surface area contributed by atoms with Gasteiger partial charge in [0.05, 0.1) is 12.7 Å². The van der Waals surface area contributed by atoms with Gasteiger partial charge in [-0.1, -0.05) is 42.5 Å². The second kappa shape index (κ2) is 10.0. The first-order valence-corrected chi connectivity index (χ1v) is 14.1. The molecular weight excluding hydrogens is 472 g/mol. The summed E-state index contributed by atoms with van der Waals surface area (Å²) in [6.45, 7) is 3.20. The van der Waals surface area contributed by atoms with Crippen molar-refractivity contribution in [3.63, 3.8) is 0 Å². The first-order valence-electron chi connectivity index (χ1n) is 14.1. The summed E-state index contributed by atoms with van der Waals surface area (Å²) in [5.74, 6) is 1.83. The molecule has 5 nitrogen and oxygen atoms in total. The fourth-order valence-corrected chi connectivity index (χ4v) is 7.33. The van der Waals surface area contributed by atoms with E-state index in [0.717, 1.165) is 66.8 Å². The van der Waals surface area contributed by atoms with Gasteiger partial charge >= 0.3 is 0 Å².